The second kappa shape index (κ2) is 11.8. The molecule has 5 N–H and O–H groups in total. The molecule has 0 radical (unpaired) electrons. The van der Waals surface area contributed by atoms with Gasteiger partial charge < -0.3 is 26.6 Å². The van der Waals surface area contributed by atoms with Crippen LogP contribution in [0.25, 0.3) is 0 Å². The van der Waals surface area contributed by atoms with Crippen molar-refractivity contribution in [2.45, 2.75) is 33.6 Å². The van der Waals surface area contributed by atoms with Crippen molar-refractivity contribution in [1.29, 1.82) is 0 Å². The van der Waals surface area contributed by atoms with Gasteiger partial charge >= 0.3 is 0 Å². The first kappa shape index (κ1) is 23.3. The fraction of sp³-hybridized carbons (Fsp3) is 0.526. The molecule has 0 aliphatic heterocycles. The zero-order valence-electron chi connectivity index (χ0n) is 17.2. The third-order valence-corrected chi connectivity index (χ3v) is 4.96. The first-order valence-corrected chi connectivity index (χ1v) is 10.7. The van der Waals surface area contributed by atoms with Gasteiger partial charge in [0.1, 0.15) is 0 Å². The zero-order valence-corrected chi connectivity index (χ0v) is 18.7. The summed E-state index contributed by atoms with van der Waals surface area (Å²) in [5, 5.41) is 10.3. The van der Waals surface area contributed by atoms with E-state index in [1.165, 1.54) is 0 Å². The van der Waals surface area contributed by atoms with E-state index in [0.29, 0.717) is 39.3 Å². The van der Waals surface area contributed by atoms with Gasteiger partial charge in [-0.05, 0) is 44.6 Å². The molecule has 0 saturated carbocycles. The van der Waals surface area contributed by atoms with E-state index < -0.39 is 0 Å². The van der Waals surface area contributed by atoms with Gasteiger partial charge in [0.2, 0.25) is 17.8 Å². The van der Waals surface area contributed by atoms with E-state index in [9.17, 15) is 0 Å². The van der Waals surface area contributed by atoms with Gasteiger partial charge in [0.25, 0.3) is 0 Å². The molecule has 160 valence electrons. The number of rotatable bonds is 12. The minimum absolute atomic E-state index is 0.343. The van der Waals surface area contributed by atoms with Crippen LogP contribution in [0.4, 0.5) is 29.2 Å². The number of hydrogen-bond donors (Lipinski definition) is 4. The number of hydrogen-bond acceptors (Lipinski definition) is 8. The zero-order chi connectivity index (χ0) is 21.2. The van der Waals surface area contributed by atoms with Crippen LogP contribution in [0.15, 0.2) is 12.1 Å². The van der Waals surface area contributed by atoms with Crippen LogP contribution < -0.4 is 21.7 Å². The van der Waals surface area contributed by atoms with Crippen molar-refractivity contribution in [2.75, 3.05) is 54.4 Å². The summed E-state index contributed by atoms with van der Waals surface area (Å²) in [6, 6.07) is 3.37. The topological polar surface area (TPSA) is 104 Å². The summed E-state index contributed by atoms with van der Waals surface area (Å²) < 4.78 is 0. The van der Waals surface area contributed by atoms with Crippen LogP contribution in [-0.2, 0) is 0 Å². The highest BCUT2D eigenvalue weighted by molar-refractivity contribution is 6.39. The minimum Gasteiger partial charge on any atom is -0.396 e. The van der Waals surface area contributed by atoms with E-state index in [-0.39, 0.29) is 0 Å². The molecule has 2 rings (SSSR count). The Kier molecular flexibility index (Phi) is 9.50. The molecule has 1 aromatic heterocycles. The number of aromatic nitrogens is 3. The van der Waals surface area contributed by atoms with Crippen LogP contribution in [0.3, 0.4) is 0 Å². The Morgan fingerprint density at radius 1 is 0.897 bits per heavy atom. The Balaban J connectivity index is 2.11. The van der Waals surface area contributed by atoms with Gasteiger partial charge in [0.05, 0.1) is 15.7 Å². The highest BCUT2D eigenvalue weighted by Gasteiger charge is 2.10. The molecule has 0 amide bonds. The van der Waals surface area contributed by atoms with Crippen LogP contribution in [-0.4, -0.2) is 52.6 Å². The summed E-state index contributed by atoms with van der Waals surface area (Å²) in [4.78, 5) is 15.7. The summed E-state index contributed by atoms with van der Waals surface area (Å²) in [5.74, 6) is 1.40. The van der Waals surface area contributed by atoms with Gasteiger partial charge in [-0.3, -0.25) is 0 Å². The van der Waals surface area contributed by atoms with Crippen LogP contribution in [0.2, 0.25) is 10.0 Å². The van der Waals surface area contributed by atoms with Gasteiger partial charge in [-0.2, -0.15) is 15.0 Å². The lowest BCUT2D eigenvalue weighted by Crippen LogP contribution is -2.25. The van der Waals surface area contributed by atoms with Crippen molar-refractivity contribution < 1.29 is 0 Å². The minimum atomic E-state index is 0.343. The quantitative estimate of drug-likeness (QED) is 0.283. The molecular formula is C19H30Cl2N8. The summed E-state index contributed by atoms with van der Waals surface area (Å²) in [7, 11) is 0. The molecule has 1 heterocycles. The van der Waals surface area contributed by atoms with Crippen molar-refractivity contribution in [3.63, 3.8) is 0 Å². The summed E-state index contributed by atoms with van der Waals surface area (Å²) in [6.07, 6.45) is 1.96. The highest BCUT2D eigenvalue weighted by Crippen LogP contribution is 2.32. The van der Waals surface area contributed by atoms with Crippen molar-refractivity contribution in [1.82, 2.24) is 19.9 Å². The largest absolute Gasteiger partial charge is 0.396 e. The number of nitrogen functional groups attached to an aromatic ring is 1. The van der Waals surface area contributed by atoms with Crippen molar-refractivity contribution >= 4 is 52.4 Å². The van der Waals surface area contributed by atoms with Gasteiger partial charge in [-0.1, -0.05) is 44.0 Å². The van der Waals surface area contributed by atoms with Crippen molar-refractivity contribution in [3.8, 4) is 0 Å². The van der Waals surface area contributed by atoms with E-state index >= 15 is 0 Å². The van der Waals surface area contributed by atoms with Crippen LogP contribution >= 0.6 is 23.2 Å². The average Bonchev–Trinajstić information content (AvgIpc) is 2.70. The standard InChI is InChI=1S/C19H30Cl2N8/c1-4-8-23-17-26-18(24-9-7-10-29(5-2)6-3)28-19(27-17)25-13-11-14(20)16(22)15(21)12-13/h11-12H,4-10,22H2,1-3H3,(H3,23,24,25,26,27,28). The Bertz CT molecular complexity index is 760. The summed E-state index contributed by atoms with van der Waals surface area (Å²) >= 11 is 12.2. The molecule has 0 fully saturated rings. The molecule has 0 aliphatic rings. The highest BCUT2D eigenvalue weighted by atomic mass is 35.5. The van der Waals surface area contributed by atoms with Gasteiger partial charge in [-0.25, -0.2) is 0 Å². The van der Waals surface area contributed by atoms with Crippen molar-refractivity contribution in [2.24, 2.45) is 0 Å². The molecule has 0 saturated heterocycles. The maximum absolute atomic E-state index is 6.12. The SMILES string of the molecule is CCCNc1nc(NCCCN(CC)CC)nc(Nc2cc(Cl)c(N)c(Cl)c2)n1. The lowest BCUT2D eigenvalue weighted by molar-refractivity contribution is 0.303. The lowest BCUT2D eigenvalue weighted by Gasteiger charge is -2.17. The molecule has 1 aromatic carbocycles. The fourth-order valence-electron chi connectivity index (χ4n) is 2.66. The van der Waals surface area contributed by atoms with Crippen LogP contribution in [0.1, 0.15) is 33.6 Å². The molecule has 29 heavy (non-hydrogen) atoms. The molecule has 10 heteroatoms. The van der Waals surface area contributed by atoms with E-state index in [1.54, 1.807) is 12.1 Å². The number of anilines is 5. The first-order chi connectivity index (χ1) is 14.0. The molecule has 0 unspecified atom stereocenters. The molecular weight excluding hydrogens is 411 g/mol. The van der Waals surface area contributed by atoms with E-state index in [1.807, 2.05) is 0 Å². The Hall–Kier alpha value is -2.03. The average molecular weight is 441 g/mol. The number of benzene rings is 1. The van der Waals surface area contributed by atoms with Crippen molar-refractivity contribution in [3.05, 3.63) is 22.2 Å². The predicted octanol–water partition coefficient (Wildman–Crippen LogP) is 4.47. The second-order valence-corrected chi connectivity index (χ2v) is 7.33. The Morgan fingerprint density at radius 2 is 1.45 bits per heavy atom. The lowest BCUT2D eigenvalue weighted by atomic mass is 10.3. The predicted molar refractivity (Wildman–Crippen MR) is 124 cm³/mol. The van der Waals surface area contributed by atoms with E-state index in [4.69, 9.17) is 28.9 Å². The molecule has 0 aliphatic carbocycles. The van der Waals surface area contributed by atoms with Crippen LogP contribution in [0, 0.1) is 0 Å². The first-order valence-electron chi connectivity index (χ1n) is 9.94. The van der Waals surface area contributed by atoms with Gasteiger partial charge in [-0.15, -0.1) is 0 Å². The molecule has 0 bridgehead atoms. The summed E-state index contributed by atoms with van der Waals surface area (Å²) in [6.45, 7) is 11.1. The van der Waals surface area contributed by atoms with Gasteiger partial charge in [0, 0.05) is 18.8 Å². The molecule has 0 atom stereocenters. The number of nitrogens with two attached hydrogens (primary N) is 1. The van der Waals surface area contributed by atoms with Gasteiger partial charge in [0.15, 0.2) is 0 Å². The smallest absolute Gasteiger partial charge is 0.233 e. The third-order valence-electron chi connectivity index (χ3n) is 4.33. The molecule has 0 spiro atoms. The maximum Gasteiger partial charge on any atom is 0.233 e. The monoisotopic (exact) mass is 440 g/mol. The van der Waals surface area contributed by atoms with E-state index in [0.717, 1.165) is 45.6 Å². The number of nitrogens with one attached hydrogen (secondary N) is 3. The summed E-state index contributed by atoms with van der Waals surface area (Å²) in [5.41, 5.74) is 6.79. The Morgan fingerprint density at radius 3 is 2.00 bits per heavy atom. The second-order valence-electron chi connectivity index (χ2n) is 6.52. The molecule has 8 nitrogen and oxygen atoms in total. The fourth-order valence-corrected chi connectivity index (χ4v) is 3.14. The normalized spacial score (nSPS) is 11.0. The van der Waals surface area contributed by atoms with Crippen LogP contribution in [0.5, 0.6) is 0 Å². The Labute approximate surface area is 182 Å². The third kappa shape index (κ3) is 7.38. The molecule has 2 aromatic rings. The number of nitrogens with zero attached hydrogens (tertiary/aromatic N) is 4. The number of halogens is 2. The maximum atomic E-state index is 6.12. The van der Waals surface area contributed by atoms with E-state index in [2.05, 4.69) is 56.6 Å².